The van der Waals surface area contributed by atoms with Gasteiger partial charge in [-0.15, -0.1) is 0 Å². The van der Waals surface area contributed by atoms with Gasteiger partial charge in [0, 0.05) is 6.04 Å². The Kier molecular flexibility index (Phi) is 3.17. The van der Waals surface area contributed by atoms with E-state index in [0.717, 1.165) is 5.56 Å². The van der Waals surface area contributed by atoms with E-state index in [-0.39, 0.29) is 18.3 Å². The summed E-state index contributed by atoms with van der Waals surface area (Å²) >= 11 is 0. The number of alkyl halides is 1. The third-order valence-corrected chi connectivity index (χ3v) is 1.72. The van der Waals surface area contributed by atoms with Crippen molar-refractivity contribution in [2.75, 3.05) is 6.67 Å². The molecule has 1 atom stereocenters. The maximum atomic E-state index is 12.4. The molecular formula is C9H11F2N. The van der Waals surface area contributed by atoms with E-state index in [9.17, 15) is 8.78 Å². The normalized spacial score (nSPS) is 12.9. The molecule has 0 fully saturated rings. The summed E-state index contributed by atoms with van der Waals surface area (Å²) in [4.78, 5) is 0. The van der Waals surface area contributed by atoms with E-state index in [1.807, 2.05) is 0 Å². The molecule has 66 valence electrons. The Balaban J connectivity index is 2.68. The quantitative estimate of drug-likeness (QED) is 0.741. The first-order chi connectivity index (χ1) is 5.74. The van der Waals surface area contributed by atoms with Crippen LogP contribution >= 0.6 is 0 Å². The smallest absolute Gasteiger partial charge is 0.123 e. The van der Waals surface area contributed by atoms with Crippen LogP contribution in [-0.2, 0) is 0 Å². The van der Waals surface area contributed by atoms with Crippen molar-refractivity contribution < 1.29 is 8.78 Å². The molecule has 0 amide bonds. The minimum Gasteiger partial charge on any atom is -0.324 e. The second-order valence-corrected chi connectivity index (χ2v) is 2.64. The first-order valence-corrected chi connectivity index (χ1v) is 3.81. The summed E-state index contributed by atoms with van der Waals surface area (Å²) in [6, 6.07) is 5.49. The summed E-state index contributed by atoms with van der Waals surface area (Å²) in [5.41, 5.74) is 6.37. The Hall–Kier alpha value is -0.960. The average molecular weight is 171 g/mol. The van der Waals surface area contributed by atoms with Gasteiger partial charge in [-0.25, -0.2) is 4.39 Å². The van der Waals surface area contributed by atoms with Gasteiger partial charge in [-0.05, 0) is 24.1 Å². The molecule has 0 bridgehead atoms. The van der Waals surface area contributed by atoms with Crippen LogP contribution in [0.5, 0.6) is 0 Å². The van der Waals surface area contributed by atoms with Crippen molar-refractivity contribution in [1.29, 1.82) is 0 Å². The summed E-state index contributed by atoms with van der Waals surface area (Å²) in [7, 11) is 0. The maximum Gasteiger partial charge on any atom is 0.123 e. The fourth-order valence-corrected chi connectivity index (χ4v) is 0.994. The number of hydrogen-bond acceptors (Lipinski definition) is 1. The van der Waals surface area contributed by atoms with Crippen LogP contribution in [0.25, 0.3) is 0 Å². The van der Waals surface area contributed by atoms with Gasteiger partial charge in [0.05, 0.1) is 6.67 Å². The highest BCUT2D eigenvalue weighted by Gasteiger charge is 2.04. The van der Waals surface area contributed by atoms with E-state index in [4.69, 9.17) is 5.73 Å². The lowest BCUT2D eigenvalue weighted by Gasteiger charge is -2.08. The molecule has 0 aliphatic carbocycles. The molecule has 12 heavy (non-hydrogen) atoms. The molecule has 0 spiro atoms. The molecule has 0 unspecified atom stereocenters. The van der Waals surface area contributed by atoms with Crippen molar-refractivity contribution in [1.82, 2.24) is 0 Å². The Morgan fingerprint density at radius 2 is 1.83 bits per heavy atom. The van der Waals surface area contributed by atoms with Crippen molar-refractivity contribution in [3.8, 4) is 0 Å². The maximum absolute atomic E-state index is 12.4. The molecule has 3 heteroatoms. The molecule has 0 heterocycles. The molecule has 1 nitrogen and oxygen atoms in total. The number of halogens is 2. The van der Waals surface area contributed by atoms with Crippen molar-refractivity contribution >= 4 is 0 Å². The predicted octanol–water partition coefficient (Wildman–Crippen LogP) is 2.19. The topological polar surface area (TPSA) is 26.0 Å². The molecule has 0 aliphatic heterocycles. The second kappa shape index (κ2) is 4.16. The first kappa shape index (κ1) is 9.13. The Labute approximate surface area is 70.2 Å². The van der Waals surface area contributed by atoms with Crippen molar-refractivity contribution in [2.24, 2.45) is 5.73 Å². The van der Waals surface area contributed by atoms with Crippen LogP contribution in [0.3, 0.4) is 0 Å². The summed E-state index contributed by atoms with van der Waals surface area (Å²) in [6.07, 6.45) is 0.283. The Morgan fingerprint density at radius 1 is 1.25 bits per heavy atom. The van der Waals surface area contributed by atoms with Crippen LogP contribution < -0.4 is 5.73 Å². The van der Waals surface area contributed by atoms with Gasteiger partial charge < -0.3 is 5.73 Å². The number of nitrogens with two attached hydrogens (primary N) is 1. The highest BCUT2D eigenvalue weighted by atomic mass is 19.1. The van der Waals surface area contributed by atoms with Crippen molar-refractivity contribution in [3.63, 3.8) is 0 Å². The predicted molar refractivity (Wildman–Crippen MR) is 43.9 cm³/mol. The molecule has 1 aromatic carbocycles. The van der Waals surface area contributed by atoms with Crippen molar-refractivity contribution in [3.05, 3.63) is 35.6 Å². The van der Waals surface area contributed by atoms with E-state index in [2.05, 4.69) is 0 Å². The van der Waals surface area contributed by atoms with Gasteiger partial charge in [0.2, 0.25) is 0 Å². The number of benzene rings is 1. The third kappa shape index (κ3) is 2.27. The molecule has 0 aromatic heterocycles. The van der Waals surface area contributed by atoms with Crippen LogP contribution in [0.1, 0.15) is 18.0 Å². The van der Waals surface area contributed by atoms with Gasteiger partial charge in [0.1, 0.15) is 5.82 Å². The van der Waals surface area contributed by atoms with Crippen LogP contribution in [-0.4, -0.2) is 6.67 Å². The van der Waals surface area contributed by atoms with Crippen LogP contribution in [0, 0.1) is 5.82 Å². The lowest BCUT2D eigenvalue weighted by atomic mass is 10.1. The molecule has 0 radical (unpaired) electrons. The monoisotopic (exact) mass is 171 g/mol. The standard InChI is InChI=1S/C9H11F2N/c10-6-5-9(12)7-1-3-8(11)4-2-7/h1-4,9H,5-6,12H2/t9-/m1/s1. The average Bonchev–Trinajstić information content (AvgIpc) is 2.06. The molecular weight excluding hydrogens is 160 g/mol. The van der Waals surface area contributed by atoms with Gasteiger partial charge in [-0.1, -0.05) is 12.1 Å². The zero-order valence-corrected chi connectivity index (χ0v) is 6.63. The first-order valence-electron chi connectivity index (χ1n) is 3.81. The third-order valence-electron chi connectivity index (χ3n) is 1.72. The molecule has 1 rings (SSSR count). The zero-order valence-electron chi connectivity index (χ0n) is 6.63. The number of hydrogen-bond donors (Lipinski definition) is 1. The van der Waals surface area contributed by atoms with Gasteiger partial charge in [0.25, 0.3) is 0 Å². The summed E-state index contributed by atoms with van der Waals surface area (Å²) < 4.78 is 24.3. The fourth-order valence-electron chi connectivity index (χ4n) is 0.994. The Bertz CT molecular complexity index is 233. The van der Waals surface area contributed by atoms with Gasteiger partial charge in [0.15, 0.2) is 0 Å². The second-order valence-electron chi connectivity index (χ2n) is 2.64. The zero-order chi connectivity index (χ0) is 8.97. The summed E-state index contributed by atoms with van der Waals surface area (Å²) in [5, 5.41) is 0. The lowest BCUT2D eigenvalue weighted by molar-refractivity contribution is 0.441. The van der Waals surface area contributed by atoms with Gasteiger partial charge in [-0.2, -0.15) is 0 Å². The minimum absolute atomic E-state index is 0.283. The fraction of sp³-hybridized carbons (Fsp3) is 0.333. The molecule has 0 saturated carbocycles. The highest BCUT2D eigenvalue weighted by Crippen LogP contribution is 2.14. The van der Waals surface area contributed by atoms with Crippen LogP contribution in [0.4, 0.5) is 8.78 Å². The molecule has 2 N–H and O–H groups in total. The summed E-state index contributed by atoms with van der Waals surface area (Å²) in [6.45, 7) is -0.446. The minimum atomic E-state index is -0.446. The SMILES string of the molecule is N[C@H](CCF)c1ccc(F)cc1. The van der Waals surface area contributed by atoms with E-state index in [1.54, 1.807) is 12.1 Å². The molecule has 0 saturated heterocycles. The van der Waals surface area contributed by atoms with Gasteiger partial charge >= 0.3 is 0 Å². The van der Waals surface area contributed by atoms with E-state index >= 15 is 0 Å². The molecule has 0 aliphatic rings. The largest absolute Gasteiger partial charge is 0.324 e. The lowest BCUT2D eigenvalue weighted by Crippen LogP contribution is -2.10. The highest BCUT2D eigenvalue weighted by molar-refractivity contribution is 5.19. The van der Waals surface area contributed by atoms with E-state index < -0.39 is 6.67 Å². The Morgan fingerprint density at radius 3 is 2.33 bits per heavy atom. The van der Waals surface area contributed by atoms with E-state index in [0.29, 0.717) is 0 Å². The van der Waals surface area contributed by atoms with Crippen molar-refractivity contribution in [2.45, 2.75) is 12.5 Å². The molecule has 1 aromatic rings. The van der Waals surface area contributed by atoms with E-state index in [1.165, 1.54) is 12.1 Å². The van der Waals surface area contributed by atoms with Crippen LogP contribution in [0.15, 0.2) is 24.3 Å². The number of rotatable bonds is 3. The summed E-state index contributed by atoms with van der Waals surface area (Å²) in [5.74, 6) is -0.300. The van der Waals surface area contributed by atoms with Crippen LogP contribution in [0.2, 0.25) is 0 Å². The van der Waals surface area contributed by atoms with Gasteiger partial charge in [-0.3, -0.25) is 4.39 Å².